The van der Waals surface area contributed by atoms with Gasteiger partial charge in [-0.1, -0.05) is 12.1 Å². The van der Waals surface area contributed by atoms with Crippen molar-refractivity contribution in [2.75, 3.05) is 5.43 Å². The normalized spacial score (nSPS) is 11.0. The zero-order valence-corrected chi connectivity index (χ0v) is 14.2. The van der Waals surface area contributed by atoms with Gasteiger partial charge in [-0.2, -0.15) is 5.10 Å². The van der Waals surface area contributed by atoms with Gasteiger partial charge < -0.3 is 4.74 Å². The Morgan fingerprint density at radius 2 is 2.04 bits per heavy atom. The lowest BCUT2D eigenvalue weighted by Crippen LogP contribution is -2.00. The minimum atomic E-state index is -0.421. The van der Waals surface area contributed by atoms with E-state index in [4.69, 9.17) is 4.74 Å². The summed E-state index contributed by atoms with van der Waals surface area (Å²) in [5.41, 5.74) is 4.97. The molecule has 3 aromatic rings. The Hall–Kier alpha value is -2.80. The van der Waals surface area contributed by atoms with E-state index in [1.54, 1.807) is 18.2 Å². The molecule has 0 bridgehead atoms. The van der Waals surface area contributed by atoms with Gasteiger partial charge in [-0.05, 0) is 36.8 Å². The number of rotatable bonds is 6. The van der Waals surface area contributed by atoms with Crippen molar-refractivity contribution in [1.29, 1.82) is 0 Å². The van der Waals surface area contributed by atoms with Crippen LogP contribution in [0.25, 0.3) is 0 Å². The van der Waals surface area contributed by atoms with Crippen LogP contribution in [-0.2, 0) is 6.61 Å². The SMILES string of the molecule is Cc1csc(NN=Cc2ccc(F)cc2OCc2cccc(F)c2)n1. The number of halogens is 2. The topological polar surface area (TPSA) is 46.5 Å². The average Bonchev–Trinajstić information content (AvgIpc) is 3.00. The molecule has 2 aromatic carbocycles. The number of nitrogens with zero attached hydrogens (tertiary/aromatic N) is 2. The predicted octanol–water partition coefficient (Wildman–Crippen LogP) is 4.75. The van der Waals surface area contributed by atoms with Gasteiger partial charge in [-0.3, -0.25) is 5.43 Å². The number of hydrazone groups is 1. The Balaban J connectivity index is 1.71. The number of hydrogen-bond acceptors (Lipinski definition) is 5. The Kier molecular flexibility index (Phi) is 5.35. The van der Waals surface area contributed by atoms with Gasteiger partial charge in [0.15, 0.2) is 0 Å². The van der Waals surface area contributed by atoms with Crippen LogP contribution in [0.1, 0.15) is 16.8 Å². The van der Waals surface area contributed by atoms with Gasteiger partial charge in [0.2, 0.25) is 5.13 Å². The molecule has 1 heterocycles. The van der Waals surface area contributed by atoms with Crippen molar-refractivity contribution in [1.82, 2.24) is 4.98 Å². The highest BCUT2D eigenvalue weighted by Gasteiger charge is 2.05. The lowest BCUT2D eigenvalue weighted by atomic mass is 10.2. The summed E-state index contributed by atoms with van der Waals surface area (Å²) in [5, 5.41) is 6.67. The van der Waals surface area contributed by atoms with Crippen molar-refractivity contribution < 1.29 is 13.5 Å². The number of aromatic nitrogens is 1. The zero-order valence-electron chi connectivity index (χ0n) is 13.4. The number of anilines is 1. The molecule has 0 aliphatic heterocycles. The standard InChI is InChI=1S/C18H15F2N3OS/c1-12-11-25-18(22-12)23-21-9-14-5-6-16(20)8-17(14)24-10-13-3-2-4-15(19)7-13/h2-9,11H,10H2,1H3,(H,22,23). The number of hydrogen-bond donors (Lipinski definition) is 1. The second kappa shape index (κ2) is 7.85. The van der Waals surface area contributed by atoms with E-state index in [1.807, 2.05) is 12.3 Å². The van der Waals surface area contributed by atoms with Gasteiger partial charge in [0.05, 0.1) is 11.9 Å². The van der Waals surface area contributed by atoms with E-state index < -0.39 is 5.82 Å². The molecule has 0 atom stereocenters. The zero-order chi connectivity index (χ0) is 17.6. The molecule has 0 saturated heterocycles. The fourth-order valence-corrected chi connectivity index (χ4v) is 2.73. The van der Waals surface area contributed by atoms with Crippen molar-refractivity contribution in [3.05, 3.63) is 76.3 Å². The molecule has 3 rings (SSSR count). The number of aryl methyl sites for hydroxylation is 1. The molecule has 0 spiro atoms. The number of nitrogens with one attached hydrogen (secondary N) is 1. The maximum absolute atomic E-state index is 13.5. The summed E-state index contributed by atoms with van der Waals surface area (Å²) in [4.78, 5) is 4.23. The molecule has 0 radical (unpaired) electrons. The van der Waals surface area contributed by atoms with Crippen LogP contribution in [-0.4, -0.2) is 11.2 Å². The number of ether oxygens (including phenoxy) is 1. The van der Waals surface area contributed by atoms with Gasteiger partial charge in [0.25, 0.3) is 0 Å². The predicted molar refractivity (Wildman–Crippen MR) is 95.2 cm³/mol. The summed E-state index contributed by atoms with van der Waals surface area (Å²) in [6.07, 6.45) is 1.52. The first-order valence-electron chi connectivity index (χ1n) is 7.48. The minimum absolute atomic E-state index is 0.126. The molecule has 0 amide bonds. The lowest BCUT2D eigenvalue weighted by Gasteiger charge is -2.09. The van der Waals surface area contributed by atoms with Gasteiger partial charge in [0.1, 0.15) is 24.0 Å². The van der Waals surface area contributed by atoms with Crippen LogP contribution < -0.4 is 10.2 Å². The van der Waals surface area contributed by atoms with Crippen molar-refractivity contribution >= 4 is 22.7 Å². The molecule has 0 fully saturated rings. The summed E-state index contributed by atoms with van der Waals surface area (Å²) in [6.45, 7) is 2.02. The fraction of sp³-hybridized carbons (Fsp3) is 0.111. The fourth-order valence-electron chi connectivity index (χ4n) is 2.09. The monoisotopic (exact) mass is 359 g/mol. The van der Waals surface area contributed by atoms with Gasteiger partial charge >= 0.3 is 0 Å². The van der Waals surface area contributed by atoms with Gasteiger partial charge in [-0.15, -0.1) is 11.3 Å². The summed E-state index contributed by atoms with van der Waals surface area (Å²) in [6, 6.07) is 10.2. The smallest absolute Gasteiger partial charge is 0.203 e. The molecule has 25 heavy (non-hydrogen) atoms. The second-order valence-electron chi connectivity index (χ2n) is 5.26. The van der Waals surface area contributed by atoms with E-state index in [0.29, 0.717) is 22.0 Å². The molecule has 1 N–H and O–H groups in total. The molecule has 128 valence electrons. The van der Waals surface area contributed by atoms with E-state index >= 15 is 0 Å². The molecule has 7 heteroatoms. The van der Waals surface area contributed by atoms with Crippen LogP contribution in [0.3, 0.4) is 0 Å². The first kappa shape index (κ1) is 17.0. The first-order valence-corrected chi connectivity index (χ1v) is 8.36. The number of benzene rings is 2. The minimum Gasteiger partial charge on any atom is -0.488 e. The molecule has 4 nitrogen and oxygen atoms in total. The van der Waals surface area contributed by atoms with E-state index in [-0.39, 0.29) is 12.4 Å². The summed E-state index contributed by atoms with van der Waals surface area (Å²) >= 11 is 1.44. The summed E-state index contributed by atoms with van der Waals surface area (Å²) < 4.78 is 32.4. The molecule has 0 aliphatic carbocycles. The van der Waals surface area contributed by atoms with E-state index in [1.165, 1.54) is 41.8 Å². The summed E-state index contributed by atoms with van der Waals surface area (Å²) in [7, 11) is 0. The van der Waals surface area contributed by atoms with Crippen molar-refractivity contribution in [2.45, 2.75) is 13.5 Å². The van der Waals surface area contributed by atoms with E-state index in [9.17, 15) is 8.78 Å². The first-order chi connectivity index (χ1) is 12.1. The molecule has 0 unspecified atom stereocenters. The van der Waals surface area contributed by atoms with Crippen LogP contribution in [0.4, 0.5) is 13.9 Å². The quantitative estimate of drug-likeness (QED) is 0.510. The highest BCUT2D eigenvalue weighted by Crippen LogP contribution is 2.20. The van der Waals surface area contributed by atoms with Crippen molar-refractivity contribution in [2.24, 2.45) is 5.10 Å². The van der Waals surface area contributed by atoms with Gasteiger partial charge in [-0.25, -0.2) is 13.8 Å². The molecule has 1 aromatic heterocycles. The maximum atomic E-state index is 13.5. The maximum Gasteiger partial charge on any atom is 0.203 e. The molecular weight excluding hydrogens is 344 g/mol. The highest BCUT2D eigenvalue weighted by molar-refractivity contribution is 7.13. The van der Waals surface area contributed by atoms with Crippen LogP contribution in [0, 0.1) is 18.6 Å². The van der Waals surface area contributed by atoms with Crippen molar-refractivity contribution in [3.63, 3.8) is 0 Å². The van der Waals surface area contributed by atoms with Crippen LogP contribution in [0.2, 0.25) is 0 Å². The highest BCUT2D eigenvalue weighted by atomic mass is 32.1. The summed E-state index contributed by atoms with van der Waals surface area (Å²) in [5.74, 6) is -0.440. The largest absolute Gasteiger partial charge is 0.488 e. The third-order valence-corrected chi connectivity index (χ3v) is 4.11. The third-order valence-electron chi connectivity index (χ3n) is 3.24. The molecular formula is C18H15F2N3OS. The Morgan fingerprint density at radius 1 is 1.20 bits per heavy atom. The number of thiazole rings is 1. The third kappa shape index (κ3) is 4.84. The van der Waals surface area contributed by atoms with Gasteiger partial charge in [0, 0.05) is 17.0 Å². The van der Waals surface area contributed by atoms with Crippen LogP contribution >= 0.6 is 11.3 Å². The van der Waals surface area contributed by atoms with Crippen LogP contribution in [0.5, 0.6) is 5.75 Å². The average molecular weight is 359 g/mol. The molecule has 0 aliphatic rings. The van der Waals surface area contributed by atoms with Crippen LogP contribution in [0.15, 0.2) is 52.9 Å². The van der Waals surface area contributed by atoms with Crippen molar-refractivity contribution in [3.8, 4) is 5.75 Å². The van der Waals surface area contributed by atoms with E-state index in [0.717, 1.165) is 5.69 Å². The Labute approximate surface area is 147 Å². The lowest BCUT2D eigenvalue weighted by molar-refractivity contribution is 0.303. The van der Waals surface area contributed by atoms with E-state index in [2.05, 4.69) is 15.5 Å². The Bertz CT molecular complexity index is 896. The molecule has 0 saturated carbocycles. The second-order valence-corrected chi connectivity index (χ2v) is 6.12. The Morgan fingerprint density at radius 3 is 2.80 bits per heavy atom.